The highest BCUT2D eigenvalue weighted by Gasteiger charge is 2.25. The fourth-order valence-electron chi connectivity index (χ4n) is 3.14. The number of amides is 1. The van der Waals surface area contributed by atoms with Crippen LogP contribution in [-0.2, 0) is 19.7 Å². The number of benzene rings is 2. The standard InChI is InChI=1S/C21H17FN4O2.C2H6/c22-19-10-16(12-23)6-7-18(19)21(27)25-8-9-26-17(13-25)11-20(24-26)28-14-15-4-2-1-3-5-15;1-2/h1-7,10-11H,8-9,13-14H2;1-2H3. The zero-order valence-electron chi connectivity index (χ0n) is 17.0. The van der Waals surface area contributed by atoms with Crippen molar-refractivity contribution in [3.63, 3.8) is 0 Å². The van der Waals surface area contributed by atoms with Crippen LogP contribution in [0.4, 0.5) is 4.39 Å². The molecule has 1 aromatic heterocycles. The highest BCUT2D eigenvalue weighted by atomic mass is 19.1. The van der Waals surface area contributed by atoms with Crippen molar-refractivity contribution in [2.45, 2.75) is 33.5 Å². The molecule has 4 rings (SSSR count). The minimum Gasteiger partial charge on any atom is -0.472 e. The molecule has 7 heteroatoms. The number of carbonyl (C=O) groups excluding carboxylic acids is 1. The zero-order valence-corrected chi connectivity index (χ0v) is 17.0. The number of aromatic nitrogens is 2. The number of fused-ring (bicyclic) bond motifs is 1. The maximum atomic E-state index is 14.2. The maximum absolute atomic E-state index is 14.2. The Morgan fingerprint density at radius 3 is 2.63 bits per heavy atom. The van der Waals surface area contributed by atoms with Crippen LogP contribution in [0.1, 0.15) is 41.0 Å². The van der Waals surface area contributed by atoms with Crippen LogP contribution in [-0.4, -0.2) is 27.1 Å². The van der Waals surface area contributed by atoms with E-state index in [0.717, 1.165) is 17.3 Å². The van der Waals surface area contributed by atoms with Gasteiger partial charge in [-0.05, 0) is 23.8 Å². The molecule has 0 radical (unpaired) electrons. The molecule has 1 aliphatic rings. The summed E-state index contributed by atoms with van der Waals surface area (Å²) in [6.07, 6.45) is 0. The van der Waals surface area contributed by atoms with Gasteiger partial charge < -0.3 is 9.64 Å². The summed E-state index contributed by atoms with van der Waals surface area (Å²) >= 11 is 0. The average Bonchev–Trinajstić information content (AvgIpc) is 3.21. The SMILES string of the molecule is CC.N#Cc1ccc(C(=O)N2CCn3nc(OCc4ccccc4)cc3C2)c(F)c1. The number of rotatable bonds is 4. The van der Waals surface area contributed by atoms with E-state index in [9.17, 15) is 9.18 Å². The van der Waals surface area contributed by atoms with Gasteiger partial charge in [0.05, 0.1) is 36.0 Å². The van der Waals surface area contributed by atoms with E-state index in [1.807, 2.05) is 50.2 Å². The normalized spacial score (nSPS) is 12.3. The average molecular weight is 406 g/mol. The van der Waals surface area contributed by atoms with Crippen LogP contribution in [0.2, 0.25) is 0 Å². The Labute approximate surface area is 175 Å². The van der Waals surface area contributed by atoms with Crippen molar-refractivity contribution >= 4 is 5.91 Å². The minimum atomic E-state index is -0.685. The van der Waals surface area contributed by atoms with Crippen molar-refractivity contribution < 1.29 is 13.9 Å². The lowest BCUT2D eigenvalue weighted by molar-refractivity contribution is 0.0701. The summed E-state index contributed by atoms with van der Waals surface area (Å²) < 4.78 is 21.7. The van der Waals surface area contributed by atoms with Crippen molar-refractivity contribution in [2.75, 3.05) is 6.54 Å². The second kappa shape index (κ2) is 9.70. The second-order valence-electron chi connectivity index (χ2n) is 6.50. The molecule has 0 spiro atoms. The first-order chi connectivity index (χ1) is 14.6. The van der Waals surface area contributed by atoms with Gasteiger partial charge in [0.2, 0.25) is 5.88 Å². The van der Waals surface area contributed by atoms with Gasteiger partial charge in [0.25, 0.3) is 5.91 Å². The first kappa shape index (κ1) is 21.1. The third-order valence-corrected chi connectivity index (χ3v) is 4.62. The Morgan fingerprint density at radius 1 is 1.17 bits per heavy atom. The Kier molecular flexibility index (Phi) is 6.81. The molecule has 2 heterocycles. The third-order valence-electron chi connectivity index (χ3n) is 4.62. The van der Waals surface area contributed by atoms with Gasteiger partial charge in [-0.2, -0.15) is 5.26 Å². The van der Waals surface area contributed by atoms with E-state index < -0.39 is 11.7 Å². The van der Waals surface area contributed by atoms with Crippen LogP contribution >= 0.6 is 0 Å². The molecule has 0 atom stereocenters. The molecule has 0 unspecified atom stereocenters. The number of nitrogens with zero attached hydrogens (tertiary/aromatic N) is 4. The molecule has 0 fully saturated rings. The van der Waals surface area contributed by atoms with Crippen LogP contribution < -0.4 is 4.74 Å². The number of hydrogen-bond acceptors (Lipinski definition) is 4. The molecule has 0 saturated heterocycles. The fraction of sp³-hybridized carbons (Fsp3) is 0.261. The van der Waals surface area contributed by atoms with E-state index in [-0.39, 0.29) is 11.1 Å². The molecule has 1 amide bonds. The smallest absolute Gasteiger partial charge is 0.257 e. The van der Waals surface area contributed by atoms with Gasteiger partial charge >= 0.3 is 0 Å². The number of halogens is 1. The number of ether oxygens (including phenoxy) is 1. The van der Waals surface area contributed by atoms with E-state index in [2.05, 4.69) is 5.10 Å². The molecule has 0 bridgehead atoms. The molecule has 0 aliphatic carbocycles. The summed E-state index contributed by atoms with van der Waals surface area (Å²) in [6.45, 7) is 5.66. The van der Waals surface area contributed by atoms with Crippen LogP contribution in [0.25, 0.3) is 0 Å². The van der Waals surface area contributed by atoms with Gasteiger partial charge in [0.1, 0.15) is 12.4 Å². The van der Waals surface area contributed by atoms with Crippen molar-refractivity contribution in [2.24, 2.45) is 0 Å². The van der Waals surface area contributed by atoms with Crippen molar-refractivity contribution in [3.05, 3.63) is 82.8 Å². The van der Waals surface area contributed by atoms with Gasteiger partial charge in [0, 0.05) is 12.6 Å². The largest absolute Gasteiger partial charge is 0.472 e. The highest BCUT2D eigenvalue weighted by molar-refractivity contribution is 5.94. The van der Waals surface area contributed by atoms with Gasteiger partial charge in [-0.3, -0.25) is 9.48 Å². The molecule has 0 N–H and O–H groups in total. The van der Waals surface area contributed by atoms with Gasteiger partial charge in [-0.1, -0.05) is 44.2 Å². The Morgan fingerprint density at radius 2 is 1.93 bits per heavy atom. The predicted octanol–water partition coefficient (Wildman–Crippen LogP) is 4.16. The molecule has 0 saturated carbocycles. The lowest BCUT2D eigenvalue weighted by atomic mass is 10.1. The van der Waals surface area contributed by atoms with E-state index in [1.165, 1.54) is 12.1 Å². The lowest BCUT2D eigenvalue weighted by Gasteiger charge is -2.27. The summed E-state index contributed by atoms with van der Waals surface area (Å²) in [4.78, 5) is 14.3. The summed E-state index contributed by atoms with van der Waals surface area (Å²) in [7, 11) is 0. The van der Waals surface area contributed by atoms with E-state index in [4.69, 9.17) is 10.00 Å². The van der Waals surface area contributed by atoms with Crippen LogP contribution in [0.5, 0.6) is 5.88 Å². The summed E-state index contributed by atoms with van der Waals surface area (Å²) in [6, 6.07) is 17.3. The van der Waals surface area contributed by atoms with Crippen LogP contribution in [0.15, 0.2) is 54.6 Å². The molecular weight excluding hydrogens is 383 g/mol. The monoisotopic (exact) mass is 406 g/mol. The topological polar surface area (TPSA) is 71.2 Å². The molecule has 3 aromatic rings. The number of carbonyl (C=O) groups is 1. The summed E-state index contributed by atoms with van der Waals surface area (Å²) in [5.41, 5.74) is 2.02. The third kappa shape index (κ3) is 4.66. The minimum absolute atomic E-state index is 0.0347. The van der Waals surface area contributed by atoms with Crippen LogP contribution in [0.3, 0.4) is 0 Å². The maximum Gasteiger partial charge on any atom is 0.257 e. The lowest BCUT2D eigenvalue weighted by Crippen LogP contribution is -2.38. The Hall–Kier alpha value is -3.66. The van der Waals surface area contributed by atoms with E-state index in [1.54, 1.807) is 15.6 Å². The van der Waals surface area contributed by atoms with Crippen molar-refractivity contribution in [1.82, 2.24) is 14.7 Å². The van der Waals surface area contributed by atoms with Gasteiger partial charge in [-0.15, -0.1) is 5.10 Å². The molecule has 6 nitrogen and oxygen atoms in total. The number of nitriles is 1. The van der Waals surface area contributed by atoms with Crippen molar-refractivity contribution in [3.8, 4) is 11.9 Å². The molecule has 30 heavy (non-hydrogen) atoms. The van der Waals surface area contributed by atoms with E-state index in [0.29, 0.717) is 32.1 Å². The fourth-order valence-corrected chi connectivity index (χ4v) is 3.14. The molecule has 2 aromatic carbocycles. The zero-order chi connectivity index (χ0) is 21.5. The Bertz CT molecular complexity index is 1060. The quantitative estimate of drug-likeness (QED) is 0.652. The van der Waals surface area contributed by atoms with E-state index >= 15 is 0 Å². The van der Waals surface area contributed by atoms with Crippen LogP contribution in [0, 0.1) is 17.1 Å². The molecular formula is C23H23FN4O2. The first-order valence-corrected chi connectivity index (χ1v) is 9.86. The summed E-state index contributed by atoms with van der Waals surface area (Å²) in [5.74, 6) is -0.589. The van der Waals surface area contributed by atoms with Gasteiger partial charge in [-0.25, -0.2) is 4.39 Å². The molecule has 154 valence electrons. The molecule has 1 aliphatic heterocycles. The van der Waals surface area contributed by atoms with Crippen molar-refractivity contribution in [1.29, 1.82) is 5.26 Å². The summed E-state index contributed by atoms with van der Waals surface area (Å²) in [5, 5.41) is 13.3. The number of hydrogen-bond donors (Lipinski definition) is 0. The second-order valence-corrected chi connectivity index (χ2v) is 6.50. The Balaban J connectivity index is 0.00000124. The predicted molar refractivity (Wildman–Crippen MR) is 110 cm³/mol. The highest BCUT2D eigenvalue weighted by Crippen LogP contribution is 2.21. The van der Waals surface area contributed by atoms with Gasteiger partial charge in [0.15, 0.2) is 0 Å². The first-order valence-electron chi connectivity index (χ1n) is 9.86.